The van der Waals surface area contributed by atoms with Crippen LogP contribution in [0.5, 0.6) is 5.75 Å². The molecule has 0 atom stereocenters. The maximum atomic E-state index is 5.44. The highest BCUT2D eigenvalue weighted by atomic mass is 32.2. The highest BCUT2D eigenvalue weighted by molar-refractivity contribution is 7.98. The number of hydrogen-bond acceptors (Lipinski definition) is 4. The van der Waals surface area contributed by atoms with Gasteiger partial charge < -0.3 is 10.5 Å². The average molecular weight is 284 g/mol. The first-order valence-corrected chi connectivity index (χ1v) is 7.20. The van der Waals surface area contributed by atoms with Crippen LogP contribution in [0.15, 0.2) is 47.6 Å². The van der Waals surface area contributed by atoms with E-state index in [1.807, 2.05) is 30.3 Å². The molecule has 102 valence electrons. The second kappa shape index (κ2) is 7.59. The summed E-state index contributed by atoms with van der Waals surface area (Å²) in [5.74, 6) is 7.67. The Hall–Kier alpha value is -1.96. The van der Waals surface area contributed by atoms with E-state index in [-0.39, 0.29) is 0 Å². The third kappa shape index (κ3) is 4.02. The van der Waals surface area contributed by atoms with E-state index >= 15 is 0 Å². The standard InChI is InChI=1S/C16H16N2OS/c1-19-15-5-4-13(3-2-8-17)14(11-15)12-20-16-6-9-18-10-7-16/h4-7,9-11H,8,12,17H2,1H3. The number of nitrogens with zero attached hydrogens (tertiary/aromatic N) is 1. The summed E-state index contributed by atoms with van der Waals surface area (Å²) in [6.45, 7) is 0.364. The minimum Gasteiger partial charge on any atom is -0.497 e. The predicted molar refractivity (Wildman–Crippen MR) is 82.7 cm³/mol. The lowest BCUT2D eigenvalue weighted by molar-refractivity contribution is 0.414. The molecule has 1 aromatic carbocycles. The van der Waals surface area contributed by atoms with E-state index in [9.17, 15) is 0 Å². The van der Waals surface area contributed by atoms with Crippen molar-refractivity contribution in [3.63, 3.8) is 0 Å². The Kier molecular flexibility index (Phi) is 5.48. The van der Waals surface area contributed by atoms with Crippen molar-refractivity contribution in [2.24, 2.45) is 5.73 Å². The summed E-state index contributed by atoms with van der Waals surface area (Å²) in [4.78, 5) is 5.20. The number of thioether (sulfide) groups is 1. The van der Waals surface area contributed by atoms with Gasteiger partial charge in [-0.3, -0.25) is 4.98 Å². The van der Waals surface area contributed by atoms with Gasteiger partial charge in [0, 0.05) is 28.6 Å². The summed E-state index contributed by atoms with van der Waals surface area (Å²) in [6, 6.07) is 9.91. The lowest BCUT2D eigenvalue weighted by atomic mass is 10.1. The molecule has 0 saturated heterocycles. The van der Waals surface area contributed by atoms with E-state index in [2.05, 4.69) is 16.8 Å². The number of pyridine rings is 1. The maximum Gasteiger partial charge on any atom is 0.119 e. The molecule has 0 aliphatic rings. The van der Waals surface area contributed by atoms with Crippen LogP contribution in [0, 0.1) is 11.8 Å². The van der Waals surface area contributed by atoms with Gasteiger partial charge in [0.2, 0.25) is 0 Å². The third-order valence-corrected chi connectivity index (χ3v) is 3.74. The minimum atomic E-state index is 0.364. The van der Waals surface area contributed by atoms with Crippen LogP contribution in [0.1, 0.15) is 11.1 Å². The molecule has 2 N–H and O–H groups in total. The zero-order valence-corrected chi connectivity index (χ0v) is 12.1. The highest BCUT2D eigenvalue weighted by Gasteiger charge is 2.04. The Morgan fingerprint density at radius 3 is 2.75 bits per heavy atom. The van der Waals surface area contributed by atoms with E-state index in [0.717, 1.165) is 22.6 Å². The summed E-state index contributed by atoms with van der Waals surface area (Å²) in [7, 11) is 1.67. The molecular formula is C16H16N2OS. The zero-order valence-electron chi connectivity index (χ0n) is 11.3. The van der Waals surface area contributed by atoms with Gasteiger partial charge in [-0.25, -0.2) is 0 Å². The van der Waals surface area contributed by atoms with Gasteiger partial charge in [-0.15, -0.1) is 11.8 Å². The number of ether oxygens (including phenoxy) is 1. The number of nitrogens with two attached hydrogens (primary N) is 1. The largest absolute Gasteiger partial charge is 0.497 e. The maximum absolute atomic E-state index is 5.44. The lowest BCUT2D eigenvalue weighted by Gasteiger charge is -2.07. The Balaban J connectivity index is 2.19. The Morgan fingerprint density at radius 2 is 2.05 bits per heavy atom. The molecule has 4 heteroatoms. The lowest BCUT2D eigenvalue weighted by Crippen LogP contribution is -1.95. The van der Waals surface area contributed by atoms with E-state index in [4.69, 9.17) is 10.5 Å². The van der Waals surface area contributed by atoms with Gasteiger partial charge in [-0.05, 0) is 35.9 Å². The monoisotopic (exact) mass is 284 g/mol. The van der Waals surface area contributed by atoms with Crippen LogP contribution in [0.4, 0.5) is 0 Å². The van der Waals surface area contributed by atoms with Gasteiger partial charge in [0.1, 0.15) is 5.75 Å². The van der Waals surface area contributed by atoms with Crippen LogP contribution in [-0.2, 0) is 5.75 Å². The molecule has 0 radical (unpaired) electrons. The molecule has 20 heavy (non-hydrogen) atoms. The summed E-state index contributed by atoms with van der Waals surface area (Å²) in [5, 5.41) is 0. The molecule has 1 heterocycles. The van der Waals surface area contributed by atoms with Gasteiger partial charge in [-0.2, -0.15) is 0 Å². The van der Waals surface area contributed by atoms with E-state index < -0.39 is 0 Å². The first-order chi connectivity index (χ1) is 9.83. The second-order valence-electron chi connectivity index (χ2n) is 4.00. The Labute approximate surface area is 123 Å². The normalized spacial score (nSPS) is 9.70. The van der Waals surface area contributed by atoms with E-state index in [0.29, 0.717) is 6.54 Å². The molecular weight excluding hydrogens is 268 g/mol. The van der Waals surface area contributed by atoms with Crippen LogP contribution in [0.3, 0.4) is 0 Å². The van der Waals surface area contributed by atoms with Crippen LogP contribution in [0.25, 0.3) is 0 Å². The van der Waals surface area contributed by atoms with Crippen LogP contribution < -0.4 is 10.5 Å². The number of aromatic nitrogens is 1. The van der Waals surface area contributed by atoms with Crippen molar-refractivity contribution >= 4 is 11.8 Å². The smallest absolute Gasteiger partial charge is 0.119 e. The molecule has 0 fully saturated rings. The van der Waals surface area contributed by atoms with Crippen molar-refractivity contribution in [2.75, 3.05) is 13.7 Å². The highest BCUT2D eigenvalue weighted by Crippen LogP contribution is 2.26. The van der Waals surface area contributed by atoms with Crippen molar-refractivity contribution in [3.8, 4) is 17.6 Å². The minimum absolute atomic E-state index is 0.364. The van der Waals surface area contributed by atoms with Gasteiger partial charge in [-0.1, -0.05) is 11.8 Å². The molecule has 0 aliphatic carbocycles. The quantitative estimate of drug-likeness (QED) is 0.693. The van der Waals surface area contributed by atoms with Crippen molar-refractivity contribution < 1.29 is 4.74 Å². The predicted octanol–water partition coefficient (Wildman–Crippen LogP) is 2.69. The number of rotatable bonds is 4. The second-order valence-corrected chi connectivity index (χ2v) is 5.05. The summed E-state index contributed by atoms with van der Waals surface area (Å²) in [6.07, 6.45) is 3.59. The fourth-order valence-electron chi connectivity index (χ4n) is 1.68. The summed E-state index contributed by atoms with van der Waals surface area (Å²) in [5.41, 5.74) is 7.58. The molecule has 0 amide bonds. The van der Waals surface area contributed by atoms with Crippen molar-refractivity contribution in [1.29, 1.82) is 0 Å². The van der Waals surface area contributed by atoms with E-state index in [1.54, 1.807) is 31.3 Å². The summed E-state index contributed by atoms with van der Waals surface area (Å²) < 4.78 is 5.27. The van der Waals surface area contributed by atoms with Crippen LogP contribution >= 0.6 is 11.8 Å². The first-order valence-electron chi connectivity index (χ1n) is 6.22. The van der Waals surface area contributed by atoms with Crippen LogP contribution in [-0.4, -0.2) is 18.6 Å². The fraction of sp³-hybridized carbons (Fsp3) is 0.188. The zero-order chi connectivity index (χ0) is 14.2. The van der Waals surface area contributed by atoms with E-state index in [1.165, 1.54) is 4.90 Å². The molecule has 0 unspecified atom stereocenters. The topological polar surface area (TPSA) is 48.1 Å². The third-order valence-electron chi connectivity index (χ3n) is 2.68. The van der Waals surface area contributed by atoms with Crippen LogP contribution in [0.2, 0.25) is 0 Å². The fourth-order valence-corrected chi connectivity index (χ4v) is 2.56. The Morgan fingerprint density at radius 1 is 1.25 bits per heavy atom. The van der Waals surface area contributed by atoms with Crippen molar-refractivity contribution in [1.82, 2.24) is 4.98 Å². The van der Waals surface area contributed by atoms with Gasteiger partial charge in [0.15, 0.2) is 0 Å². The molecule has 0 spiro atoms. The molecule has 2 aromatic rings. The molecule has 0 bridgehead atoms. The molecule has 3 nitrogen and oxygen atoms in total. The van der Waals surface area contributed by atoms with Crippen molar-refractivity contribution in [3.05, 3.63) is 53.9 Å². The molecule has 0 saturated carbocycles. The SMILES string of the molecule is COc1ccc(C#CCN)c(CSc2ccncc2)c1. The van der Waals surface area contributed by atoms with Gasteiger partial charge in [0.25, 0.3) is 0 Å². The average Bonchev–Trinajstić information content (AvgIpc) is 2.52. The van der Waals surface area contributed by atoms with Gasteiger partial charge in [0.05, 0.1) is 13.7 Å². The van der Waals surface area contributed by atoms with Crippen molar-refractivity contribution in [2.45, 2.75) is 10.6 Å². The molecule has 1 aromatic heterocycles. The number of benzene rings is 1. The number of hydrogen-bond donors (Lipinski definition) is 1. The Bertz CT molecular complexity index is 617. The van der Waals surface area contributed by atoms with Gasteiger partial charge >= 0.3 is 0 Å². The first kappa shape index (κ1) is 14.4. The summed E-state index contributed by atoms with van der Waals surface area (Å²) >= 11 is 1.75. The molecule has 2 rings (SSSR count). The molecule has 0 aliphatic heterocycles. The number of methoxy groups -OCH3 is 1.